The van der Waals surface area contributed by atoms with Crippen molar-refractivity contribution in [1.82, 2.24) is 20.1 Å². The zero-order valence-corrected chi connectivity index (χ0v) is 16.8. The highest BCUT2D eigenvalue weighted by molar-refractivity contribution is 5.98. The fraction of sp³-hybridized carbons (Fsp3) is 0.318. The first-order valence-electron chi connectivity index (χ1n) is 9.50. The predicted molar refractivity (Wildman–Crippen MR) is 109 cm³/mol. The van der Waals surface area contributed by atoms with Crippen LogP contribution in [-0.4, -0.2) is 20.7 Å². The number of carbonyl (C=O) groups is 1. The molecule has 0 aliphatic heterocycles. The maximum absolute atomic E-state index is 12.9. The Labute approximate surface area is 163 Å². The van der Waals surface area contributed by atoms with Crippen molar-refractivity contribution in [3.8, 4) is 0 Å². The standard InChI is InChI=1S/C22H24N4O2/c1-12(2)26-21-16(11-23-26)10-18(14(4)24-21)22(27)25-15(5)20-13(3)17-8-6-7-9-19(17)28-20/h6-12,15H,1-5H3,(H,25,27). The number of hydrogen-bond donors (Lipinski definition) is 1. The molecule has 0 aliphatic carbocycles. The molecule has 0 radical (unpaired) electrons. The number of nitrogens with zero attached hydrogens (tertiary/aromatic N) is 3. The molecule has 28 heavy (non-hydrogen) atoms. The lowest BCUT2D eigenvalue weighted by Gasteiger charge is -2.14. The van der Waals surface area contributed by atoms with E-state index in [0.717, 1.165) is 33.3 Å². The summed E-state index contributed by atoms with van der Waals surface area (Å²) in [5.41, 5.74) is 3.91. The van der Waals surface area contributed by atoms with Gasteiger partial charge >= 0.3 is 0 Å². The third-order valence-electron chi connectivity index (χ3n) is 5.11. The third kappa shape index (κ3) is 2.95. The van der Waals surface area contributed by atoms with E-state index in [1.165, 1.54) is 0 Å². The van der Waals surface area contributed by atoms with Gasteiger partial charge in [0, 0.05) is 22.4 Å². The van der Waals surface area contributed by atoms with Gasteiger partial charge in [-0.05, 0) is 46.8 Å². The largest absolute Gasteiger partial charge is 0.459 e. The zero-order chi connectivity index (χ0) is 20.0. The average molecular weight is 376 g/mol. The van der Waals surface area contributed by atoms with E-state index >= 15 is 0 Å². The van der Waals surface area contributed by atoms with Gasteiger partial charge in [0.25, 0.3) is 5.91 Å². The van der Waals surface area contributed by atoms with E-state index in [4.69, 9.17) is 4.42 Å². The number of furan rings is 1. The van der Waals surface area contributed by atoms with Crippen LogP contribution in [0.5, 0.6) is 0 Å². The fourth-order valence-corrected chi connectivity index (χ4v) is 3.62. The molecular formula is C22H24N4O2. The van der Waals surface area contributed by atoms with Gasteiger partial charge in [0.2, 0.25) is 0 Å². The van der Waals surface area contributed by atoms with E-state index in [9.17, 15) is 4.79 Å². The maximum atomic E-state index is 12.9. The molecule has 4 rings (SSSR count). The molecular weight excluding hydrogens is 352 g/mol. The first kappa shape index (κ1) is 18.2. The van der Waals surface area contributed by atoms with Gasteiger partial charge in [-0.15, -0.1) is 0 Å². The summed E-state index contributed by atoms with van der Waals surface area (Å²) in [6, 6.07) is 9.71. The number of para-hydroxylation sites is 1. The molecule has 4 aromatic rings. The molecule has 0 saturated carbocycles. The summed E-state index contributed by atoms with van der Waals surface area (Å²) in [6.45, 7) is 9.91. The molecule has 0 spiro atoms. The molecule has 1 amide bonds. The number of rotatable bonds is 4. The Hall–Kier alpha value is -3.15. The summed E-state index contributed by atoms with van der Waals surface area (Å²) in [5, 5.41) is 9.36. The van der Waals surface area contributed by atoms with Crippen molar-refractivity contribution in [2.75, 3.05) is 0 Å². The van der Waals surface area contributed by atoms with Crippen molar-refractivity contribution in [3.63, 3.8) is 0 Å². The Morgan fingerprint density at radius 3 is 2.64 bits per heavy atom. The highest BCUT2D eigenvalue weighted by Crippen LogP contribution is 2.29. The molecule has 0 bridgehead atoms. The summed E-state index contributed by atoms with van der Waals surface area (Å²) in [5.74, 6) is 0.602. The second kappa shape index (κ2) is 6.78. The highest BCUT2D eigenvalue weighted by Gasteiger charge is 2.21. The molecule has 3 heterocycles. The zero-order valence-electron chi connectivity index (χ0n) is 16.8. The van der Waals surface area contributed by atoms with E-state index in [1.807, 2.05) is 55.8 Å². The molecule has 6 nitrogen and oxygen atoms in total. The Morgan fingerprint density at radius 2 is 1.93 bits per heavy atom. The van der Waals surface area contributed by atoms with Crippen LogP contribution < -0.4 is 5.32 Å². The molecule has 144 valence electrons. The van der Waals surface area contributed by atoms with Crippen LogP contribution in [0, 0.1) is 13.8 Å². The van der Waals surface area contributed by atoms with Crippen molar-refractivity contribution in [2.24, 2.45) is 0 Å². The predicted octanol–water partition coefficient (Wildman–Crippen LogP) is 4.87. The lowest BCUT2D eigenvalue weighted by atomic mass is 10.1. The minimum Gasteiger partial charge on any atom is -0.459 e. The van der Waals surface area contributed by atoms with Crippen molar-refractivity contribution >= 4 is 27.9 Å². The van der Waals surface area contributed by atoms with Crippen molar-refractivity contribution in [2.45, 2.75) is 46.7 Å². The number of benzene rings is 1. The van der Waals surface area contributed by atoms with Crippen LogP contribution in [-0.2, 0) is 0 Å². The third-order valence-corrected chi connectivity index (χ3v) is 5.11. The molecule has 6 heteroatoms. The van der Waals surface area contributed by atoms with Gasteiger partial charge in [-0.1, -0.05) is 18.2 Å². The van der Waals surface area contributed by atoms with Crippen LogP contribution in [0.3, 0.4) is 0 Å². The summed E-state index contributed by atoms with van der Waals surface area (Å²) in [7, 11) is 0. The van der Waals surface area contributed by atoms with E-state index in [0.29, 0.717) is 11.3 Å². The Bertz CT molecular complexity index is 1190. The number of nitrogens with one attached hydrogen (secondary N) is 1. The smallest absolute Gasteiger partial charge is 0.253 e. The number of fused-ring (bicyclic) bond motifs is 2. The van der Waals surface area contributed by atoms with Gasteiger partial charge in [-0.3, -0.25) is 4.79 Å². The van der Waals surface area contributed by atoms with Gasteiger partial charge in [0.05, 0.1) is 23.5 Å². The molecule has 0 saturated heterocycles. The van der Waals surface area contributed by atoms with Gasteiger partial charge < -0.3 is 9.73 Å². The van der Waals surface area contributed by atoms with Crippen LogP contribution in [0.1, 0.15) is 60.2 Å². The monoisotopic (exact) mass is 376 g/mol. The molecule has 0 fully saturated rings. The van der Waals surface area contributed by atoms with E-state index < -0.39 is 0 Å². The minimum absolute atomic E-state index is 0.170. The van der Waals surface area contributed by atoms with E-state index in [1.54, 1.807) is 6.20 Å². The van der Waals surface area contributed by atoms with E-state index in [2.05, 4.69) is 29.2 Å². The van der Waals surface area contributed by atoms with E-state index in [-0.39, 0.29) is 18.0 Å². The number of pyridine rings is 1. The second-order valence-electron chi connectivity index (χ2n) is 7.50. The molecule has 1 N–H and O–H groups in total. The first-order valence-corrected chi connectivity index (χ1v) is 9.50. The van der Waals surface area contributed by atoms with Crippen LogP contribution in [0.4, 0.5) is 0 Å². The summed E-state index contributed by atoms with van der Waals surface area (Å²) >= 11 is 0. The van der Waals surface area contributed by atoms with Gasteiger partial charge in [-0.25, -0.2) is 9.67 Å². The quantitative estimate of drug-likeness (QED) is 0.552. The summed E-state index contributed by atoms with van der Waals surface area (Å²) in [4.78, 5) is 17.6. The van der Waals surface area contributed by atoms with Crippen LogP contribution in [0.2, 0.25) is 0 Å². The van der Waals surface area contributed by atoms with Crippen LogP contribution in [0.15, 0.2) is 40.9 Å². The van der Waals surface area contributed by atoms with Crippen LogP contribution in [0.25, 0.3) is 22.0 Å². The van der Waals surface area contributed by atoms with Gasteiger partial charge in [0.1, 0.15) is 11.3 Å². The normalized spacial score (nSPS) is 12.8. The average Bonchev–Trinajstić information content (AvgIpc) is 3.22. The summed E-state index contributed by atoms with van der Waals surface area (Å²) < 4.78 is 7.85. The SMILES string of the molecule is Cc1nc2c(cnn2C(C)C)cc1C(=O)NC(C)c1oc2ccccc2c1C. The molecule has 1 aromatic carbocycles. The number of aromatic nitrogens is 3. The molecule has 1 unspecified atom stereocenters. The summed E-state index contributed by atoms with van der Waals surface area (Å²) in [6.07, 6.45) is 1.76. The highest BCUT2D eigenvalue weighted by atomic mass is 16.3. The lowest BCUT2D eigenvalue weighted by Crippen LogP contribution is -2.27. The van der Waals surface area contributed by atoms with Crippen molar-refractivity contribution in [3.05, 3.63) is 59.1 Å². The fourth-order valence-electron chi connectivity index (χ4n) is 3.62. The maximum Gasteiger partial charge on any atom is 0.253 e. The lowest BCUT2D eigenvalue weighted by molar-refractivity contribution is 0.0934. The first-order chi connectivity index (χ1) is 13.4. The minimum atomic E-state index is -0.256. The van der Waals surface area contributed by atoms with Gasteiger partial charge in [-0.2, -0.15) is 5.10 Å². The Morgan fingerprint density at radius 1 is 1.18 bits per heavy atom. The Balaban J connectivity index is 1.64. The number of aryl methyl sites for hydroxylation is 2. The Kier molecular flexibility index (Phi) is 4.41. The molecule has 0 aliphatic rings. The van der Waals surface area contributed by atoms with Gasteiger partial charge in [0.15, 0.2) is 5.65 Å². The van der Waals surface area contributed by atoms with Crippen LogP contribution >= 0.6 is 0 Å². The molecule has 1 atom stereocenters. The molecule has 3 aromatic heterocycles. The van der Waals surface area contributed by atoms with Crippen molar-refractivity contribution in [1.29, 1.82) is 0 Å². The number of amides is 1. The second-order valence-corrected chi connectivity index (χ2v) is 7.50. The number of carbonyl (C=O) groups excluding carboxylic acids is 1. The van der Waals surface area contributed by atoms with Crippen molar-refractivity contribution < 1.29 is 9.21 Å². The topological polar surface area (TPSA) is 73.0 Å². The number of hydrogen-bond acceptors (Lipinski definition) is 4.